The largest absolute Gasteiger partial charge is 0.514 e. The molecule has 0 atom stereocenters. The van der Waals surface area contributed by atoms with Gasteiger partial charge in [0.1, 0.15) is 11.1 Å². The summed E-state index contributed by atoms with van der Waals surface area (Å²) < 4.78 is 11.1. The van der Waals surface area contributed by atoms with E-state index in [-0.39, 0.29) is 5.75 Å². The molecule has 62 heavy (non-hydrogen) atoms. The van der Waals surface area contributed by atoms with Gasteiger partial charge in [-0.3, -0.25) is 4.98 Å². The van der Waals surface area contributed by atoms with E-state index in [9.17, 15) is 4.79 Å². The van der Waals surface area contributed by atoms with Crippen LogP contribution in [0.1, 0.15) is 88.1 Å². The highest BCUT2D eigenvalue weighted by Gasteiger charge is 2.22. The monoisotopic (exact) mass is 813 g/mol. The number of hydrogen-bond acceptors (Lipinski definition) is 6. The van der Waals surface area contributed by atoms with Gasteiger partial charge in [-0.1, -0.05) is 47.2 Å². The summed E-state index contributed by atoms with van der Waals surface area (Å²) >= 11 is 0. The summed E-state index contributed by atoms with van der Waals surface area (Å²) in [7, 11) is 0. The Bertz CT molecular complexity index is 3130. The zero-order chi connectivity index (χ0) is 43.4. The highest BCUT2D eigenvalue weighted by atomic mass is 16.7. The summed E-state index contributed by atoms with van der Waals surface area (Å²) in [6.45, 7) is 18.3. The predicted octanol–water partition coefficient (Wildman–Crippen LogP) is 13.1. The van der Waals surface area contributed by atoms with Crippen molar-refractivity contribution in [2.24, 2.45) is 0 Å². The number of benzene rings is 3. The van der Waals surface area contributed by atoms with Crippen LogP contribution in [0.25, 0.3) is 79.5 Å². The fraction of sp³-hybridized carbons (Fsp3) is 0.185. The van der Waals surface area contributed by atoms with E-state index in [1.54, 1.807) is 33.0 Å². The van der Waals surface area contributed by atoms with Gasteiger partial charge in [0.2, 0.25) is 0 Å². The van der Waals surface area contributed by atoms with E-state index in [0.717, 1.165) is 61.1 Å². The van der Waals surface area contributed by atoms with Crippen LogP contribution < -0.4 is 4.74 Å². The Hall–Kier alpha value is -7.50. The molecular formula is C54H47N5O3. The Morgan fingerprint density at radius 2 is 1.11 bits per heavy atom. The number of nitrogens with one attached hydrogen (secondary N) is 2. The Kier molecular flexibility index (Phi) is 9.99. The van der Waals surface area contributed by atoms with Gasteiger partial charge in [0.25, 0.3) is 0 Å². The quantitative estimate of drug-likeness (QED) is 0.105. The third-order valence-corrected chi connectivity index (χ3v) is 11.1. The topological polar surface area (TPSA) is 106 Å². The number of aromatic amines is 2. The van der Waals surface area contributed by atoms with E-state index in [1.807, 2.05) is 30.4 Å². The van der Waals surface area contributed by atoms with E-state index >= 15 is 0 Å². The van der Waals surface area contributed by atoms with Crippen molar-refractivity contribution in [2.45, 2.75) is 67.9 Å². The van der Waals surface area contributed by atoms with E-state index in [0.29, 0.717) is 28.0 Å². The van der Waals surface area contributed by atoms with Crippen LogP contribution in [0.2, 0.25) is 0 Å². The number of pyridine rings is 1. The second-order valence-corrected chi connectivity index (χ2v) is 17.2. The molecule has 306 valence electrons. The Balaban J connectivity index is 1.35. The Morgan fingerprint density at radius 3 is 1.63 bits per heavy atom. The van der Waals surface area contributed by atoms with E-state index in [1.165, 1.54) is 33.4 Å². The molecule has 4 aromatic heterocycles. The molecule has 6 heterocycles. The normalized spacial score (nSPS) is 12.1. The van der Waals surface area contributed by atoms with Gasteiger partial charge < -0.3 is 19.4 Å². The fourth-order valence-corrected chi connectivity index (χ4v) is 8.77. The third-order valence-electron chi connectivity index (χ3n) is 11.1. The summed E-state index contributed by atoms with van der Waals surface area (Å²) in [6.07, 6.45) is 9.09. The summed E-state index contributed by atoms with van der Waals surface area (Å²) in [5.41, 5.74) is 19.4. The molecule has 2 aliphatic heterocycles. The summed E-state index contributed by atoms with van der Waals surface area (Å²) in [4.78, 5) is 35.5. The van der Waals surface area contributed by atoms with Gasteiger partial charge in [-0.05, 0) is 175 Å². The predicted molar refractivity (Wildman–Crippen MR) is 253 cm³/mol. The molecule has 0 amide bonds. The number of hydrogen-bond donors (Lipinski definition) is 2. The van der Waals surface area contributed by atoms with Crippen LogP contribution >= 0.6 is 0 Å². The van der Waals surface area contributed by atoms with Crippen LogP contribution in [0.3, 0.4) is 0 Å². The molecule has 2 N–H and O–H groups in total. The molecule has 8 nitrogen and oxygen atoms in total. The standard InChI is InChI=1S/C54H47N5O3/c1-30-25-32(3)48(33(4)26-30)50-43-17-14-37(56-43)29-38-15-18-44(57-38)51(49-34(5)27-31(2)28-35(49)6)46-22-20-42(59-46)40(41-19-21-45(50)58-41)16-12-36-13-23-47(52-39(36)11-10-24-55-52)61-53(60)62-54(7,8)9/h10-11,13-15,17-29,56-57H,1-9H3. The van der Waals surface area contributed by atoms with Crippen molar-refractivity contribution in [3.05, 3.63) is 152 Å². The number of H-pyrrole nitrogens is 2. The van der Waals surface area contributed by atoms with Crippen LogP contribution in [0.5, 0.6) is 5.75 Å². The average Bonchev–Trinajstić information content (AvgIpc) is 4.04. The minimum absolute atomic E-state index is 0.287. The van der Waals surface area contributed by atoms with Crippen LogP contribution in [-0.2, 0) is 4.74 Å². The number of ether oxygens (including phenoxy) is 2. The SMILES string of the molecule is Cc1cc(C)c(-c2c3nc(c(C#Cc4ccc(OC(=O)OC(C)(C)C)c5ncccc45)c4nc(c(-c5c(C)cc(C)cc5C)c5ccc(cc6ccc2[nH]6)[nH]5)C=C4)C=C3)c(C)c1. The van der Waals surface area contributed by atoms with Gasteiger partial charge in [-0.2, -0.15) is 0 Å². The lowest BCUT2D eigenvalue weighted by atomic mass is 9.92. The number of carbonyl (C=O) groups excluding carboxylic acids is 1. The first-order chi connectivity index (χ1) is 29.7. The summed E-state index contributed by atoms with van der Waals surface area (Å²) in [5.74, 6) is 7.27. The lowest BCUT2D eigenvalue weighted by Crippen LogP contribution is -2.26. The summed E-state index contributed by atoms with van der Waals surface area (Å²) in [6, 6.07) is 26.9. The fourth-order valence-electron chi connectivity index (χ4n) is 8.77. The van der Waals surface area contributed by atoms with Crippen molar-refractivity contribution in [3.8, 4) is 39.8 Å². The zero-order valence-electron chi connectivity index (χ0n) is 36.5. The lowest BCUT2D eigenvalue weighted by molar-refractivity contribution is 0.0209. The molecule has 0 fully saturated rings. The first kappa shape index (κ1) is 39.9. The molecule has 0 saturated carbocycles. The Morgan fingerprint density at radius 1 is 0.597 bits per heavy atom. The maximum Gasteiger partial charge on any atom is 0.514 e. The number of aromatic nitrogens is 5. The van der Waals surface area contributed by atoms with Gasteiger partial charge in [-0.25, -0.2) is 14.8 Å². The highest BCUT2D eigenvalue weighted by molar-refractivity contribution is 5.97. The second-order valence-electron chi connectivity index (χ2n) is 17.2. The van der Waals surface area contributed by atoms with Crippen molar-refractivity contribution in [2.75, 3.05) is 0 Å². The molecule has 8 heteroatoms. The second kappa shape index (κ2) is 15.5. The van der Waals surface area contributed by atoms with Gasteiger partial charge in [0.15, 0.2) is 5.75 Å². The van der Waals surface area contributed by atoms with E-state index in [2.05, 4.69) is 135 Å². The molecule has 9 rings (SSSR count). The van der Waals surface area contributed by atoms with Crippen LogP contribution in [-0.4, -0.2) is 36.7 Å². The van der Waals surface area contributed by atoms with Crippen molar-refractivity contribution >= 4 is 63.4 Å². The van der Waals surface area contributed by atoms with Gasteiger partial charge in [-0.15, -0.1) is 0 Å². The molecule has 0 aliphatic carbocycles. The molecule has 0 saturated heterocycles. The number of fused-ring (bicyclic) bond motifs is 9. The molecule has 2 aliphatic rings. The molecule has 0 spiro atoms. The molecule has 0 unspecified atom stereocenters. The number of carbonyl (C=O) groups is 1. The minimum atomic E-state index is -0.801. The Labute approximate surface area is 361 Å². The molecule has 7 aromatic rings. The minimum Gasteiger partial charge on any atom is -0.428 e. The average molecular weight is 814 g/mol. The number of rotatable bonds is 3. The molecule has 8 bridgehead atoms. The van der Waals surface area contributed by atoms with Gasteiger partial charge in [0.05, 0.1) is 28.3 Å². The zero-order valence-corrected chi connectivity index (χ0v) is 36.5. The molecule has 0 radical (unpaired) electrons. The van der Waals surface area contributed by atoms with E-state index < -0.39 is 11.8 Å². The van der Waals surface area contributed by atoms with Crippen molar-refractivity contribution in [1.82, 2.24) is 24.9 Å². The van der Waals surface area contributed by atoms with Gasteiger partial charge >= 0.3 is 6.16 Å². The molecule has 3 aromatic carbocycles. The van der Waals surface area contributed by atoms with Crippen LogP contribution in [0.15, 0.2) is 85.1 Å². The van der Waals surface area contributed by atoms with Crippen molar-refractivity contribution in [3.63, 3.8) is 0 Å². The van der Waals surface area contributed by atoms with E-state index in [4.69, 9.17) is 19.4 Å². The first-order valence-electron chi connectivity index (χ1n) is 20.8. The van der Waals surface area contributed by atoms with Crippen LogP contribution in [0.4, 0.5) is 4.79 Å². The summed E-state index contributed by atoms with van der Waals surface area (Å²) in [5, 5.41) is 0.728. The maximum atomic E-state index is 12.7. The van der Waals surface area contributed by atoms with Crippen molar-refractivity contribution < 1.29 is 14.3 Å². The third kappa shape index (κ3) is 7.70. The highest BCUT2D eigenvalue weighted by Crippen LogP contribution is 2.38. The molecular weight excluding hydrogens is 767 g/mol. The first-order valence-corrected chi connectivity index (χ1v) is 20.8. The number of nitrogens with zero attached hydrogens (tertiary/aromatic N) is 3. The van der Waals surface area contributed by atoms with Crippen molar-refractivity contribution in [1.29, 1.82) is 0 Å². The lowest BCUT2D eigenvalue weighted by Gasteiger charge is -2.19. The maximum absolute atomic E-state index is 12.7. The number of aryl methyl sites for hydroxylation is 6. The van der Waals surface area contributed by atoms with Gasteiger partial charge in [0, 0.05) is 50.3 Å². The van der Waals surface area contributed by atoms with Crippen LogP contribution in [0, 0.1) is 53.4 Å². The smallest absolute Gasteiger partial charge is 0.428 e.